The normalized spacial score (nSPS) is 11.4. The Kier molecular flexibility index (Phi) is 8.24. The number of fused-ring (bicyclic) bond motifs is 4. The Bertz CT molecular complexity index is 2620. The molecule has 0 aliphatic rings. The van der Waals surface area contributed by atoms with Crippen LogP contribution in [0, 0.1) is 0 Å². The molecular weight excluding hydrogens is 629 g/mol. The van der Waals surface area contributed by atoms with E-state index in [1.165, 1.54) is 32.3 Å². The lowest BCUT2D eigenvalue weighted by Crippen LogP contribution is -2.10. The molecule has 9 rings (SSSR count). The number of hydrogen-bond acceptors (Lipinski definition) is 2. The summed E-state index contributed by atoms with van der Waals surface area (Å²) in [4.78, 5) is 4.69. The summed E-state index contributed by atoms with van der Waals surface area (Å²) in [7, 11) is 0. The largest absolute Gasteiger partial charge is 0.311 e. The predicted octanol–water partition coefficient (Wildman–Crippen LogP) is 14.3. The molecule has 2 nitrogen and oxygen atoms in total. The second-order valence-electron chi connectivity index (χ2n) is 13.1. The van der Waals surface area contributed by atoms with Gasteiger partial charge in [0.05, 0.1) is 5.69 Å². The highest BCUT2D eigenvalue weighted by Crippen LogP contribution is 2.43. The number of rotatable bonds is 8. The van der Waals surface area contributed by atoms with E-state index in [1.54, 1.807) is 0 Å². The van der Waals surface area contributed by atoms with Crippen LogP contribution in [0.3, 0.4) is 0 Å². The first-order chi connectivity index (χ1) is 25.8. The van der Waals surface area contributed by atoms with Crippen LogP contribution in [0.5, 0.6) is 0 Å². The van der Waals surface area contributed by atoms with Crippen molar-refractivity contribution in [1.29, 1.82) is 0 Å². The zero-order valence-electron chi connectivity index (χ0n) is 28.7. The van der Waals surface area contributed by atoms with Gasteiger partial charge in [0.2, 0.25) is 0 Å². The summed E-state index contributed by atoms with van der Waals surface area (Å²) in [5, 5.41) is 7.42. The van der Waals surface area contributed by atoms with Gasteiger partial charge in [-0.15, -0.1) is 0 Å². The molecule has 9 aromatic rings. The van der Waals surface area contributed by atoms with Gasteiger partial charge in [-0.25, -0.2) is 0 Å². The Hall–Kier alpha value is -6.90. The molecule has 0 fully saturated rings. The van der Waals surface area contributed by atoms with Gasteiger partial charge in [0.1, 0.15) is 0 Å². The molecule has 0 bridgehead atoms. The van der Waals surface area contributed by atoms with E-state index >= 15 is 0 Å². The SMILES string of the molecule is C(=C\c1ccc(N(c2ccc3ccccc3c2)c2cc3ccccc3c3ccccc23)cc1)/c1ccc(N(c2ccccc2)c2ccccc2)cc1. The van der Waals surface area contributed by atoms with Gasteiger partial charge < -0.3 is 9.80 Å². The fourth-order valence-corrected chi connectivity index (χ4v) is 7.23. The van der Waals surface area contributed by atoms with Crippen molar-refractivity contribution < 1.29 is 0 Å². The minimum atomic E-state index is 1.11. The first-order valence-corrected chi connectivity index (χ1v) is 17.8. The van der Waals surface area contributed by atoms with E-state index in [2.05, 4.69) is 228 Å². The fourth-order valence-electron chi connectivity index (χ4n) is 7.23. The number of benzene rings is 9. The van der Waals surface area contributed by atoms with Crippen LogP contribution in [-0.2, 0) is 0 Å². The van der Waals surface area contributed by atoms with E-state index in [4.69, 9.17) is 0 Å². The Morgan fingerprint density at radius 1 is 0.269 bits per heavy atom. The molecule has 0 unspecified atom stereocenters. The van der Waals surface area contributed by atoms with Crippen molar-refractivity contribution in [3.05, 3.63) is 217 Å². The molecule has 9 aromatic carbocycles. The van der Waals surface area contributed by atoms with Crippen molar-refractivity contribution in [3.63, 3.8) is 0 Å². The average Bonchev–Trinajstić information content (AvgIpc) is 3.22. The maximum absolute atomic E-state index is 2.40. The summed E-state index contributed by atoms with van der Waals surface area (Å²) in [5.41, 5.74) is 9.07. The predicted molar refractivity (Wildman–Crippen MR) is 224 cm³/mol. The van der Waals surface area contributed by atoms with E-state index < -0.39 is 0 Å². The minimum absolute atomic E-state index is 1.11. The highest BCUT2D eigenvalue weighted by atomic mass is 15.1. The second-order valence-corrected chi connectivity index (χ2v) is 13.1. The highest BCUT2D eigenvalue weighted by Gasteiger charge is 2.18. The summed E-state index contributed by atoms with van der Waals surface area (Å²) in [6, 6.07) is 73.8. The zero-order chi connectivity index (χ0) is 34.7. The lowest BCUT2D eigenvalue weighted by Gasteiger charge is -2.28. The van der Waals surface area contributed by atoms with Crippen LogP contribution in [-0.4, -0.2) is 0 Å². The van der Waals surface area contributed by atoms with Gasteiger partial charge in [-0.2, -0.15) is 0 Å². The first kappa shape index (κ1) is 31.1. The molecule has 0 aromatic heterocycles. The zero-order valence-corrected chi connectivity index (χ0v) is 28.7. The van der Waals surface area contributed by atoms with Gasteiger partial charge in [0.15, 0.2) is 0 Å². The second kappa shape index (κ2) is 13.8. The van der Waals surface area contributed by atoms with Crippen LogP contribution < -0.4 is 9.80 Å². The van der Waals surface area contributed by atoms with E-state index in [1.807, 2.05) is 0 Å². The van der Waals surface area contributed by atoms with Crippen LogP contribution in [0.1, 0.15) is 11.1 Å². The molecule has 2 heteroatoms. The molecule has 0 radical (unpaired) electrons. The van der Waals surface area contributed by atoms with Crippen LogP contribution in [0.25, 0.3) is 44.5 Å². The van der Waals surface area contributed by atoms with Crippen molar-refractivity contribution >= 4 is 78.6 Å². The van der Waals surface area contributed by atoms with Gasteiger partial charge in [-0.1, -0.05) is 152 Å². The van der Waals surface area contributed by atoms with Crippen molar-refractivity contribution in [2.24, 2.45) is 0 Å². The van der Waals surface area contributed by atoms with Crippen LogP contribution >= 0.6 is 0 Å². The first-order valence-electron chi connectivity index (χ1n) is 17.8. The van der Waals surface area contributed by atoms with Gasteiger partial charge in [-0.05, 0) is 105 Å². The lowest BCUT2D eigenvalue weighted by molar-refractivity contribution is 1.28. The smallest absolute Gasteiger partial charge is 0.0546 e. The summed E-state index contributed by atoms with van der Waals surface area (Å²) < 4.78 is 0. The molecule has 0 spiro atoms. The van der Waals surface area contributed by atoms with Crippen molar-refractivity contribution in [2.45, 2.75) is 0 Å². The van der Waals surface area contributed by atoms with Crippen molar-refractivity contribution in [3.8, 4) is 0 Å². The molecule has 0 heterocycles. The highest BCUT2D eigenvalue weighted by molar-refractivity contribution is 6.14. The molecule has 52 heavy (non-hydrogen) atoms. The molecule has 0 aliphatic heterocycles. The molecule has 246 valence electrons. The Balaban J connectivity index is 1.06. The van der Waals surface area contributed by atoms with Gasteiger partial charge in [-0.3, -0.25) is 0 Å². The topological polar surface area (TPSA) is 6.48 Å². The van der Waals surface area contributed by atoms with Crippen LogP contribution in [0.2, 0.25) is 0 Å². The number of nitrogens with zero attached hydrogens (tertiary/aromatic N) is 2. The molecule has 0 N–H and O–H groups in total. The summed E-state index contributed by atoms with van der Waals surface area (Å²) in [5.74, 6) is 0. The summed E-state index contributed by atoms with van der Waals surface area (Å²) >= 11 is 0. The lowest BCUT2D eigenvalue weighted by atomic mass is 9.98. The molecular formula is C50H36N2. The third kappa shape index (κ3) is 6.08. The monoisotopic (exact) mass is 664 g/mol. The number of hydrogen-bond donors (Lipinski definition) is 0. The van der Waals surface area contributed by atoms with E-state index in [0.717, 1.165) is 45.3 Å². The van der Waals surface area contributed by atoms with Crippen molar-refractivity contribution in [2.75, 3.05) is 9.80 Å². The molecule has 0 saturated carbocycles. The average molecular weight is 665 g/mol. The fraction of sp³-hybridized carbons (Fsp3) is 0. The molecule has 0 atom stereocenters. The maximum atomic E-state index is 2.40. The quantitative estimate of drug-likeness (QED) is 0.118. The Morgan fingerprint density at radius 3 is 1.33 bits per heavy atom. The van der Waals surface area contributed by atoms with Crippen LogP contribution in [0.15, 0.2) is 206 Å². The molecule has 0 aliphatic carbocycles. The summed E-state index contributed by atoms with van der Waals surface area (Å²) in [6.07, 6.45) is 4.38. The number of para-hydroxylation sites is 2. The summed E-state index contributed by atoms with van der Waals surface area (Å²) in [6.45, 7) is 0. The third-order valence-electron chi connectivity index (χ3n) is 9.78. The third-order valence-corrected chi connectivity index (χ3v) is 9.78. The van der Waals surface area contributed by atoms with Gasteiger partial charge >= 0.3 is 0 Å². The Labute approximate surface area is 304 Å². The standard InChI is InChI=1S/C50H36N2/c1-3-16-42(17-4-1)51(43-18-5-2-6-19-43)44-30-25-37(26-31-44)23-24-38-27-32-45(33-28-38)52(46-34-29-39-13-7-8-14-40(39)35-46)50-36-41-15-9-10-20-47(41)48-21-11-12-22-49(48)50/h1-36H/b24-23+. The maximum Gasteiger partial charge on any atom is 0.0546 e. The molecule has 0 saturated heterocycles. The number of anilines is 6. The minimum Gasteiger partial charge on any atom is -0.311 e. The Morgan fingerprint density at radius 2 is 0.712 bits per heavy atom. The van der Waals surface area contributed by atoms with Crippen molar-refractivity contribution in [1.82, 2.24) is 0 Å². The van der Waals surface area contributed by atoms with E-state index in [-0.39, 0.29) is 0 Å². The molecule has 0 amide bonds. The van der Waals surface area contributed by atoms with Crippen LogP contribution in [0.4, 0.5) is 34.1 Å². The van der Waals surface area contributed by atoms with Gasteiger partial charge in [0.25, 0.3) is 0 Å². The van der Waals surface area contributed by atoms with Gasteiger partial charge in [0, 0.05) is 33.8 Å². The van der Waals surface area contributed by atoms with E-state index in [0.29, 0.717) is 0 Å². The van der Waals surface area contributed by atoms with E-state index in [9.17, 15) is 0 Å².